The van der Waals surface area contributed by atoms with Crippen molar-refractivity contribution in [1.82, 2.24) is 10.6 Å². The topological polar surface area (TPSA) is 98.7 Å². The molecule has 0 heterocycles. The first kappa shape index (κ1) is 31.3. The lowest BCUT2D eigenvalue weighted by Gasteiger charge is -2.38. The zero-order chi connectivity index (χ0) is 31.3. The van der Waals surface area contributed by atoms with Crippen molar-refractivity contribution in [2.45, 2.75) is 107 Å². The first-order valence-corrected chi connectivity index (χ1v) is 16.9. The lowest BCUT2D eigenvalue weighted by molar-refractivity contribution is -0.133. The van der Waals surface area contributed by atoms with Gasteiger partial charge in [0, 0.05) is 0 Å². The summed E-state index contributed by atoms with van der Waals surface area (Å²) in [4.78, 5) is 27.5. The smallest absolute Gasteiger partial charge is 0.230 e. The van der Waals surface area contributed by atoms with E-state index in [1.807, 2.05) is 84.9 Å². The number of benzene rings is 4. The Morgan fingerprint density at radius 1 is 0.533 bits per heavy atom. The van der Waals surface area contributed by atoms with E-state index in [1.54, 1.807) is 0 Å². The second kappa shape index (κ2) is 13.7. The van der Waals surface area contributed by atoms with Crippen molar-refractivity contribution >= 4 is 33.4 Å². The molecular formula is C39H46N2O4. The number of nitrogens with one attached hydrogen (secondary N) is 2. The van der Waals surface area contributed by atoms with Crippen LogP contribution in [0.1, 0.15) is 107 Å². The van der Waals surface area contributed by atoms with Crippen LogP contribution in [0.25, 0.3) is 21.5 Å². The van der Waals surface area contributed by atoms with Crippen LogP contribution < -0.4 is 10.6 Å². The molecule has 0 aromatic heterocycles. The molecule has 2 atom stereocenters. The lowest BCUT2D eigenvalue weighted by Crippen LogP contribution is -2.49. The summed E-state index contributed by atoms with van der Waals surface area (Å²) in [5, 5.41) is 34.5. The van der Waals surface area contributed by atoms with Gasteiger partial charge in [-0.2, -0.15) is 0 Å². The minimum Gasteiger partial charge on any atom is -0.387 e. The highest BCUT2D eigenvalue weighted by Crippen LogP contribution is 2.41. The minimum atomic E-state index is -1.12. The quantitative estimate of drug-likeness (QED) is 0.123. The van der Waals surface area contributed by atoms with Crippen LogP contribution in [-0.4, -0.2) is 33.2 Å². The molecule has 2 aliphatic rings. The second-order valence-electron chi connectivity index (χ2n) is 13.4. The van der Waals surface area contributed by atoms with E-state index >= 15 is 0 Å². The van der Waals surface area contributed by atoms with E-state index in [1.165, 1.54) is 0 Å². The highest BCUT2D eigenvalue weighted by molar-refractivity contribution is 5.98. The van der Waals surface area contributed by atoms with Gasteiger partial charge >= 0.3 is 0 Å². The average molecular weight is 607 g/mol. The molecule has 0 radical (unpaired) electrons. The molecule has 2 aliphatic carbocycles. The van der Waals surface area contributed by atoms with Crippen molar-refractivity contribution in [3.8, 4) is 0 Å². The van der Waals surface area contributed by atoms with E-state index < -0.39 is 41.5 Å². The summed E-state index contributed by atoms with van der Waals surface area (Å²) in [7, 11) is 0. The van der Waals surface area contributed by atoms with Crippen LogP contribution in [0.2, 0.25) is 0 Å². The summed E-state index contributed by atoms with van der Waals surface area (Å²) in [6.45, 7) is 0. The Labute approximate surface area is 266 Å². The van der Waals surface area contributed by atoms with Gasteiger partial charge in [-0.3, -0.25) is 9.59 Å². The van der Waals surface area contributed by atoms with E-state index in [0.29, 0.717) is 25.7 Å². The van der Waals surface area contributed by atoms with E-state index in [-0.39, 0.29) is 0 Å². The number of fused-ring (bicyclic) bond motifs is 2. The summed E-state index contributed by atoms with van der Waals surface area (Å²) < 4.78 is 0. The Hall–Kier alpha value is -3.74. The van der Waals surface area contributed by atoms with Gasteiger partial charge in [0.1, 0.15) is 6.42 Å². The van der Waals surface area contributed by atoms with E-state index in [4.69, 9.17) is 0 Å². The maximum Gasteiger partial charge on any atom is 0.230 e. The molecule has 0 spiro atoms. The zero-order valence-electron chi connectivity index (χ0n) is 26.1. The number of hydrogen-bond acceptors (Lipinski definition) is 4. The van der Waals surface area contributed by atoms with E-state index in [9.17, 15) is 19.8 Å². The SMILES string of the molecule is O=C(CC(=O)NC(c1cccc2ccccc12)C1(O)CCCCCC1)NC(c1cccc2ccccc12)C1(O)CCCCCC1. The van der Waals surface area contributed by atoms with Gasteiger partial charge in [0.15, 0.2) is 0 Å². The third kappa shape index (κ3) is 6.92. The van der Waals surface area contributed by atoms with Crippen molar-refractivity contribution in [2.24, 2.45) is 0 Å². The summed E-state index contributed by atoms with van der Waals surface area (Å²) in [5.74, 6) is -0.875. The van der Waals surface area contributed by atoms with Crippen molar-refractivity contribution in [1.29, 1.82) is 0 Å². The van der Waals surface area contributed by atoms with Crippen LogP contribution in [0.5, 0.6) is 0 Å². The van der Waals surface area contributed by atoms with Crippen molar-refractivity contribution < 1.29 is 19.8 Å². The monoisotopic (exact) mass is 606 g/mol. The normalized spacial score (nSPS) is 19.6. The Morgan fingerprint density at radius 3 is 1.29 bits per heavy atom. The Morgan fingerprint density at radius 2 is 0.889 bits per heavy atom. The molecular weight excluding hydrogens is 560 g/mol. The van der Waals surface area contributed by atoms with Crippen LogP contribution in [0.4, 0.5) is 0 Å². The molecule has 6 rings (SSSR count). The highest BCUT2D eigenvalue weighted by atomic mass is 16.3. The summed E-state index contributed by atoms with van der Waals surface area (Å²) in [5.41, 5.74) is -0.498. The maximum absolute atomic E-state index is 13.7. The lowest BCUT2D eigenvalue weighted by atomic mass is 9.80. The van der Waals surface area contributed by atoms with Gasteiger partial charge < -0.3 is 20.8 Å². The van der Waals surface area contributed by atoms with Crippen LogP contribution in [0.3, 0.4) is 0 Å². The number of amides is 2. The molecule has 0 bridgehead atoms. The fourth-order valence-electron chi connectivity index (χ4n) is 7.84. The molecule has 236 valence electrons. The predicted octanol–water partition coefficient (Wildman–Crippen LogP) is 7.57. The second-order valence-corrected chi connectivity index (χ2v) is 13.4. The first-order valence-electron chi connectivity index (χ1n) is 16.9. The summed E-state index contributed by atoms with van der Waals surface area (Å²) in [6, 6.07) is 26.7. The summed E-state index contributed by atoms with van der Waals surface area (Å²) in [6.07, 6.45) is 9.73. The molecule has 45 heavy (non-hydrogen) atoms. The fraction of sp³-hybridized carbons (Fsp3) is 0.436. The van der Waals surface area contributed by atoms with Gasteiger partial charge in [-0.15, -0.1) is 0 Å². The average Bonchev–Trinajstić information content (AvgIpc) is 3.42. The molecule has 0 aliphatic heterocycles. The van der Waals surface area contributed by atoms with Crippen LogP contribution in [0, 0.1) is 0 Å². The fourth-order valence-corrected chi connectivity index (χ4v) is 7.84. The Bertz CT molecular complexity index is 1500. The molecule has 0 saturated heterocycles. The van der Waals surface area contributed by atoms with Gasteiger partial charge in [0.2, 0.25) is 11.8 Å². The Kier molecular flexibility index (Phi) is 9.53. The molecule has 6 heteroatoms. The number of rotatable bonds is 8. The molecule has 2 unspecified atom stereocenters. The third-order valence-electron chi connectivity index (χ3n) is 10.2. The zero-order valence-corrected chi connectivity index (χ0v) is 26.1. The van der Waals surface area contributed by atoms with Crippen molar-refractivity contribution in [3.05, 3.63) is 96.1 Å². The maximum atomic E-state index is 13.7. The minimum absolute atomic E-state index is 0.394. The van der Waals surface area contributed by atoms with Gasteiger partial charge in [0.25, 0.3) is 0 Å². The molecule has 2 amide bonds. The van der Waals surface area contributed by atoms with Crippen LogP contribution in [-0.2, 0) is 9.59 Å². The van der Waals surface area contributed by atoms with E-state index in [2.05, 4.69) is 10.6 Å². The molecule has 2 saturated carbocycles. The van der Waals surface area contributed by atoms with Crippen LogP contribution >= 0.6 is 0 Å². The molecule has 2 fully saturated rings. The third-order valence-corrected chi connectivity index (χ3v) is 10.2. The van der Waals surface area contributed by atoms with Gasteiger partial charge in [0.05, 0.1) is 23.3 Å². The molecule has 4 aromatic rings. The van der Waals surface area contributed by atoms with Crippen molar-refractivity contribution in [3.63, 3.8) is 0 Å². The molecule has 6 nitrogen and oxygen atoms in total. The highest BCUT2D eigenvalue weighted by Gasteiger charge is 2.42. The largest absolute Gasteiger partial charge is 0.387 e. The predicted molar refractivity (Wildman–Crippen MR) is 180 cm³/mol. The van der Waals surface area contributed by atoms with Gasteiger partial charge in [-0.05, 0) is 58.4 Å². The number of carbonyl (C=O) groups is 2. The standard InChI is InChI=1S/C39H46N2O4/c42-34(40-36(38(44)23-9-1-2-10-24-38)32-21-13-17-28-15-5-7-19-30(28)32)27-35(43)41-37(39(45)25-11-3-4-12-26-39)33-22-14-18-29-16-6-8-20-31(29)33/h5-8,13-22,36-37,44-45H,1-4,9-12,23-27H2,(H,40,42)(H,41,43). The Balaban J connectivity index is 1.28. The van der Waals surface area contributed by atoms with Gasteiger partial charge in [-0.25, -0.2) is 0 Å². The van der Waals surface area contributed by atoms with Crippen molar-refractivity contribution in [2.75, 3.05) is 0 Å². The molecule has 4 N–H and O–H groups in total. The van der Waals surface area contributed by atoms with Gasteiger partial charge in [-0.1, -0.05) is 136 Å². The first-order chi connectivity index (χ1) is 21.9. The summed E-state index contributed by atoms with van der Waals surface area (Å²) >= 11 is 0. The number of hydrogen-bond donors (Lipinski definition) is 4. The van der Waals surface area contributed by atoms with Crippen LogP contribution in [0.15, 0.2) is 84.9 Å². The van der Waals surface area contributed by atoms with E-state index in [0.717, 1.165) is 84.0 Å². The molecule has 4 aromatic carbocycles. The number of aliphatic hydroxyl groups is 2. The number of carbonyl (C=O) groups excluding carboxylic acids is 2.